The lowest BCUT2D eigenvalue weighted by molar-refractivity contribution is -0.158. The summed E-state index contributed by atoms with van der Waals surface area (Å²) in [5, 5.41) is 15.3. The van der Waals surface area contributed by atoms with E-state index < -0.39 is 18.0 Å². The summed E-state index contributed by atoms with van der Waals surface area (Å²) in [6.07, 6.45) is 4.43. The zero-order valence-electron chi connectivity index (χ0n) is 14.7. The molecule has 0 aliphatic carbocycles. The minimum atomic E-state index is -1.05. The van der Waals surface area contributed by atoms with Gasteiger partial charge in [0.1, 0.15) is 6.04 Å². The maximum atomic E-state index is 11.8. The molecule has 26 heavy (non-hydrogen) atoms. The van der Waals surface area contributed by atoms with E-state index in [1.807, 2.05) is 11.8 Å². The van der Waals surface area contributed by atoms with E-state index in [-0.39, 0.29) is 24.5 Å². The first-order chi connectivity index (χ1) is 12.5. The number of rotatable bonds is 12. The van der Waals surface area contributed by atoms with Crippen LogP contribution in [0.2, 0.25) is 0 Å². The molecule has 2 aliphatic heterocycles. The van der Waals surface area contributed by atoms with Crippen molar-refractivity contribution in [2.24, 2.45) is 5.73 Å². The number of urea groups is 1. The van der Waals surface area contributed by atoms with E-state index in [0.29, 0.717) is 31.1 Å². The van der Waals surface area contributed by atoms with Crippen LogP contribution in [-0.2, 0) is 14.4 Å². The monoisotopic (exact) mass is 388 g/mol. The van der Waals surface area contributed by atoms with Gasteiger partial charge in [-0.05, 0) is 38.6 Å². The maximum Gasteiger partial charge on any atom is 0.324 e. The van der Waals surface area contributed by atoms with E-state index in [4.69, 9.17) is 15.7 Å². The van der Waals surface area contributed by atoms with Gasteiger partial charge in [-0.2, -0.15) is 11.8 Å². The quantitative estimate of drug-likeness (QED) is 0.183. The van der Waals surface area contributed by atoms with Crippen LogP contribution < -0.4 is 21.8 Å². The van der Waals surface area contributed by atoms with Crippen molar-refractivity contribution in [2.45, 2.75) is 68.3 Å². The second-order valence-electron chi connectivity index (χ2n) is 6.63. The fourth-order valence-electron chi connectivity index (χ4n) is 3.17. The van der Waals surface area contributed by atoms with Gasteiger partial charge in [-0.1, -0.05) is 6.42 Å². The number of nitrogens with two attached hydrogens (primary N) is 1. The number of hydrogen-bond donors (Lipinski definition) is 5. The van der Waals surface area contributed by atoms with Crippen LogP contribution in [0.3, 0.4) is 0 Å². The molecule has 2 aliphatic rings. The molecule has 2 amide bonds. The van der Waals surface area contributed by atoms with Crippen molar-refractivity contribution in [3.63, 3.8) is 0 Å². The minimum Gasteiger partial charge on any atom is -0.480 e. The molecule has 2 saturated heterocycles. The van der Waals surface area contributed by atoms with E-state index in [9.17, 15) is 14.4 Å². The van der Waals surface area contributed by atoms with Crippen LogP contribution in [0, 0.1) is 0 Å². The third-order valence-corrected chi connectivity index (χ3v) is 6.13. The highest BCUT2D eigenvalue weighted by molar-refractivity contribution is 8.00. The number of carbonyl (C=O) groups excluding carboxylic acids is 2. The van der Waals surface area contributed by atoms with Gasteiger partial charge in [0, 0.05) is 17.4 Å². The number of hydroxylamine groups is 1. The van der Waals surface area contributed by atoms with Gasteiger partial charge >= 0.3 is 18.0 Å². The maximum absolute atomic E-state index is 11.8. The van der Waals surface area contributed by atoms with E-state index in [1.165, 1.54) is 0 Å². The molecule has 2 fully saturated rings. The van der Waals surface area contributed by atoms with Crippen molar-refractivity contribution in [2.75, 3.05) is 12.3 Å². The first-order valence-electron chi connectivity index (χ1n) is 9.08. The van der Waals surface area contributed by atoms with Crippen LogP contribution in [0.4, 0.5) is 4.79 Å². The zero-order valence-corrected chi connectivity index (χ0v) is 15.6. The van der Waals surface area contributed by atoms with Crippen LogP contribution in [0.15, 0.2) is 0 Å². The molecule has 0 aromatic heterocycles. The standard InChI is InChI=1S/C16H28N4O5S/c17-8-4-3-5-10(15(22)23)20-25-13(21)7-2-1-6-12-14-11(9-26-12)18-16(24)19-14/h10-12,14,20H,1-9,17H2,(H,22,23)(H2,18,19,24)/t10-,11-,12-,14-/m0/s1. The number of hydrogen-bond acceptors (Lipinski definition) is 7. The second kappa shape index (κ2) is 10.6. The molecular weight excluding hydrogens is 360 g/mol. The number of thioether (sulfide) groups is 1. The van der Waals surface area contributed by atoms with Gasteiger partial charge in [0.2, 0.25) is 0 Å². The average molecular weight is 388 g/mol. The molecule has 0 saturated carbocycles. The van der Waals surface area contributed by atoms with Crippen molar-refractivity contribution in [1.82, 2.24) is 16.1 Å². The smallest absolute Gasteiger partial charge is 0.324 e. The molecule has 0 bridgehead atoms. The Labute approximate surface area is 157 Å². The molecule has 0 aromatic carbocycles. The van der Waals surface area contributed by atoms with Crippen molar-refractivity contribution in [3.05, 3.63) is 0 Å². The SMILES string of the molecule is NCCCC[C@H](NOC(=O)CCCC[C@@H]1SC[C@@H]2NC(=O)N[C@@H]21)C(=O)O. The Hall–Kier alpha value is -1.52. The Morgan fingerprint density at radius 1 is 1.31 bits per heavy atom. The van der Waals surface area contributed by atoms with Gasteiger partial charge in [0.15, 0.2) is 0 Å². The highest BCUT2D eigenvalue weighted by Crippen LogP contribution is 2.33. The summed E-state index contributed by atoms with van der Waals surface area (Å²) in [4.78, 5) is 39.1. The molecule has 4 atom stereocenters. The van der Waals surface area contributed by atoms with Crippen LogP contribution in [0.25, 0.3) is 0 Å². The molecule has 148 valence electrons. The van der Waals surface area contributed by atoms with Gasteiger partial charge in [-0.15, -0.1) is 5.48 Å². The van der Waals surface area contributed by atoms with E-state index in [1.54, 1.807) is 0 Å². The predicted octanol–water partition coefficient (Wildman–Crippen LogP) is 0.342. The third-order valence-electron chi connectivity index (χ3n) is 4.62. The lowest BCUT2D eigenvalue weighted by atomic mass is 10.0. The number of aliphatic carboxylic acids is 1. The topological polar surface area (TPSA) is 143 Å². The first kappa shape index (κ1) is 20.8. The molecule has 6 N–H and O–H groups in total. The predicted molar refractivity (Wildman–Crippen MR) is 97.5 cm³/mol. The Morgan fingerprint density at radius 3 is 2.85 bits per heavy atom. The van der Waals surface area contributed by atoms with Crippen molar-refractivity contribution < 1.29 is 24.3 Å². The van der Waals surface area contributed by atoms with Crippen LogP contribution in [0.5, 0.6) is 0 Å². The first-order valence-corrected chi connectivity index (χ1v) is 10.1. The lowest BCUT2D eigenvalue weighted by Crippen LogP contribution is -2.38. The second-order valence-corrected chi connectivity index (χ2v) is 7.91. The summed E-state index contributed by atoms with van der Waals surface area (Å²) in [5.41, 5.74) is 7.73. The average Bonchev–Trinajstić information content (AvgIpc) is 3.14. The fourth-order valence-corrected chi connectivity index (χ4v) is 4.71. The lowest BCUT2D eigenvalue weighted by Gasteiger charge is -2.16. The highest BCUT2D eigenvalue weighted by Gasteiger charge is 2.42. The molecule has 0 aromatic rings. The third kappa shape index (κ3) is 6.33. The Bertz CT molecular complexity index is 507. The summed E-state index contributed by atoms with van der Waals surface area (Å²) >= 11 is 1.84. The highest BCUT2D eigenvalue weighted by atomic mass is 32.2. The molecule has 9 nitrogen and oxygen atoms in total. The number of carboxylic acids is 1. The largest absolute Gasteiger partial charge is 0.480 e. The number of carboxylic acid groups (broad SMARTS) is 1. The number of fused-ring (bicyclic) bond motifs is 1. The normalized spacial score (nSPS) is 25.3. The van der Waals surface area contributed by atoms with Crippen LogP contribution in [-0.4, -0.2) is 58.7 Å². The zero-order chi connectivity index (χ0) is 18.9. The number of carbonyl (C=O) groups is 3. The summed E-state index contributed by atoms with van der Waals surface area (Å²) in [6.45, 7) is 0.507. The van der Waals surface area contributed by atoms with Crippen molar-refractivity contribution in [1.29, 1.82) is 0 Å². The fraction of sp³-hybridized carbons (Fsp3) is 0.812. The molecule has 10 heteroatoms. The molecular formula is C16H28N4O5S. The molecule has 2 rings (SSSR count). The van der Waals surface area contributed by atoms with Crippen LogP contribution in [0.1, 0.15) is 44.9 Å². The van der Waals surface area contributed by atoms with Gasteiger partial charge in [0.05, 0.1) is 12.1 Å². The summed E-state index contributed by atoms with van der Waals surface area (Å²) in [5.74, 6) is -0.585. The Morgan fingerprint density at radius 2 is 2.12 bits per heavy atom. The summed E-state index contributed by atoms with van der Waals surface area (Å²) < 4.78 is 0. The number of amides is 2. The minimum absolute atomic E-state index is 0.0978. The molecule has 2 heterocycles. The molecule has 0 radical (unpaired) electrons. The van der Waals surface area contributed by atoms with E-state index >= 15 is 0 Å². The Balaban J connectivity index is 1.57. The van der Waals surface area contributed by atoms with Gasteiger partial charge in [0.25, 0.3) is 0 Å². The Kier molecular flexibility index (Phi) is 8.46. The molecule has 0 unspecified atom stereocenters. The summed E-state index contributed by atoms with van der Waals surface area (Å²) in [6, 6.07) is -0.625. The van der Waals surface area contributed by atoms with Gasteiger partial charge in [-0.25, -0.2) is 4.79 Å². The van der Waals surface area contributed by atoms with Gasteiger partial charge in [-0.3, -0.25) is 9.59 Å². The summed E-state index contributed by atoms with van der Waals surface area (Å²) in [7, 11) is 0. The number of nitrogens with one attached hydrogen (secondary N) is 3. The van der Waals surface area contributed by atoms with Crippen molar-refractivity contribution in [3.8, 4) is 0 Å². The molecule has 0 spiro atoms. The van der Waals surface area contributed by atoms with Crippen molar-refractivity contribution >= 4 is 29.7 Å². The van der Waals surface area contributed by atoms with E-state index in [0.717, 1.165) is 25.0 Å². The van der Waals surface area contributed by atoms with Gasteiger partial charge < -0.3 is 26.3 Å². The number of unbranched alkanes of at least 4 members (excludes halogenated alkanes) is 2. The van der Waals surface area contributed by atoms with E-state index in [2.05, 4.69) is 16.1 Å². The van der Waals surface area contributed by atoms with Crippen LogP contribution >= 0.6 is 11.8 Å².